The van der Waals surface area contributed by atoms with Crippen molar-refractivity contribution in [1.82, 2.24) is 5.32 Å². The van der Waals surface area contributed by atoms with Crippen LogP contribution >= 0.6 is 0 Å². The molecule has 2 aromatic carbocycles. The smallest absolute Gasteiger partial charge is 0.242 e. The van der Waals surface area contributed by atoms with Crippen molar-refractivity contribution in [2.75, 3.05) is 32.8 Å². The molecule has 0 saturated heterocycles. The van der Waals surface area contributed by atoms with Gasteiger partial charge in [0.2, 0.25) is 5.91 Å². The number of anilines is 1. The Morgan fingerprint density at radius 3 is 2.34 bits per heavy atom. The Balaban J connectivity index is 1.97. The van der Waals surface area contributed by atoms with Crippen LogP contribution in [0.2, 0.25) is 0 Å². The average Bonchev–Trinajstić information content (AvgIpc) is 2.74. The van der Waals surface area contributed by atoms with E-state index in [9.17, 15) is 4.79 Å². The Morgan fingerprint density at radius 2 is 1.72 bits per heavy atom. The maximum absolute atomic E-state index is 12.6. The van der Waals surface area contributed by atoms with Crippen LogP contribution in [0.15, 0.2) is 42.5 Å². The Kier molecular flexibility index (Phi) is 8.80. The highest BCUT2D eigenvalue weighted by atomic mass is 16.5. The zero-order chi connectivity index (χ0) is 21.2. The van der Waals surface area contributed by atoms with Crippen LogP contribution in [0, 0.1) is 0 Å². The van der Waals surface area contributed by atoms with Crippen molar-refractivity contribution in [2.45, 2.75) is 39.3 Å². The van der Waals surface area contributed by atoms with Gasteiger partial charge in [0.05, 0.1) is 19.8 Å². The molecule has 0 aromatic heterocycles. The maximum atomic E-state index is 12.6. The summed E-state index contributed by atoms with van der Waals surface area (Å²) in [5.41, 5.74) is 3.15. The fourth-order valence-corrected chi connectivity index (χ4v) is 2.89. The van der Waals surface area contributed by atoms with E-state index < -0.39 is 6.04 Å². The van der Waals surface area contributed by atoms with Crippen LogP contribution in [-0.2, 0) is 16.0 Å². The molecule has 0 radical (unpaired) electrons. The van der Waals surface area contributed by atoms with Crippen LogP contribution in [0.25, 0.3) is 0 Å². The summed E-state index contributed by atoms with van der Waals surface area (Å²) in [7, 11) is 3.22. The lowest BCUT2D eigenvalue weighted by Crippen LogP contribution is -2.38. The lowest BCUT2D eigenvalue weighted by molar-refractivity contribution is -0.122. The van der Waals surface area contributed by atoms with Crippen molar-refractivity contribution in [1.29, 1.82) is 0 Å². The van der Waals surface area contributed by atoms with Crippen LogP contribution in [0.1, 0.15) is 37.9 Å². The number of hydrogen-bond acceptors (Lipinski definition) is 5. The quantitative estimate of drug-likeness (QED) is 0.559. The number of benzene rings is 2. The Morgan fingerprint density at radius 1 is 1.00 bits per heavy atom. The van der Waals surface area contributed by atoms with Crippen LogP contribution in [0.4, 0.5) is 5.69 Å². The topological polar surface area (TPSA) is 68.8 Å². The molecule has 2 unspecified atom stereocenters. The zero-order valence-corrected chi connectivity index (χ0v) is 18.0. The SMILES string of the molecule is CCc1ccc(C(C)NC(=O)C(C)Nc2ccc(OC)c(OCCOC)c2)cc1. The van der Waals surface area contributed by atoms with Gasteiger partial charge in [-0.05, 0) is 43.5 Å². The lowest BCUT2D eigenvalue weighted by atomic mass is 10.0. The summed E-state index contributed by atoms with van der Waals surface area (Å²) in [6, 6.07) is 13.3. The molecule has 0 aliphatic carbocycles. The van der Waals surface area contributed by atoms with Gasteiger partial charge in [-0.1, -0.05) is 31.2 Å². The molecule has 0 fully saturated rings. The van der Waals surface area contributed by atoms with Crippen LogP contribution in [-0.4, -0.2) is 39.4 Å². The van der Waals surface area contributed by atoms with Crippen LogP contribution < -0.4 is 20.1 Å². The molecular formula is C23H32N2O4. The van der Waals surface area contributed by atoms with Gasteiger partial charge < -0.3 is 24.8 Å². The summed E-state index contributed by atoms with van der Waals surface area (Å²) in [6.07, 6.45) is 1.00. The first kappa shape index (κ1) is 22.6. The lowest BCUT2D eigenvalue weighted by Gasteiger charge is -2.20. The van der Waals surface area contributed by atoms with E-state index in [4.69, 9.17) is 14.2 Å². The van der Waals surface area contributed by atoms with E-state index in [1.807, 2.05) is 32.0 Å². The third-order valence-corrected chi connectivity index (χ3v) is 4.73. The van der Waals surface area contributed by atoms with Gasteiger partial charge >= 0.3 is 0 Å². The normalized spacial score (nSPS) is 12.7. The first-order valence-corrected chi connectivity index (χ1v) is 9.94. The number of hydrogen-bond donors (Lipinski definition) is 2. The highest BCUT2D eigenvalue weighted by molar-refractivity contribution is 5.84. The predicted molar refractivity (Wildman–Crippen MR) is 116 cm³/mol. The molecule has 2 rings (SSSR count). The summed E-state index contributed by atoms with van der Waals surface area (Å²) in [4.78, 5) is 12.6. The summed E-state index contributed by atoms with van der Waals surface area (Å²) >= 11 is 0. The second-order valence-electron chi connectivity index (χ2n) is 6.90. The van der Waals surface area contributed by atoms with E-state index in [0.29, 0.717) is 24.7 Å². The maximum Gasteiger partial charge on any atom is 0.242 e. The molecule has 2 atom stereocenters. The highest BCUT2D eigenvalue weighted by Crippen LogP contribution is 2.30. The second kappa shape index (κ2) is 11.3. The summed E-state index contributed by atoms with van der Waals surface area (Å²) < 4.78 is 16.0. The number of ether oxygens (including phenoxy) is 3. The van der Waals surface area contributed by atoms with Crippen molar-refractivity contribution in [3.63, 3.8) is 0 Å². The minimum Gasteiger partial charge on any atom is -0.493 e. The molecule has 0 aliphatic rings. The van der Waals surface area contributed by atoms with Gasteiger partial charge in [0.1, 0.15) is 12.6 Å². The van der Waals surface area contributed by atoms with E-state index in [1.165, 1.54) is 5.56 Å². The zero-order valence-electron chi connectivity index (χ0n) is 18.0. The van der Waals surface area contributed by atoms with Gasteiger partial charge in [0.15, 0.2) is 11.5 Å². The minimum atomic E-state index is -0.410. The van der Waals surface area contributed by atoms with Gasteiger partial charge in [-0.25, -0.2) is 0 Å². The molecule has 1 amide bonds. The number of methoxy groups -OCH3 is 2. The molecule has 2 aromatic rings. The Labute approximate surface area is 173 Å². The average molecular weight is 401 g/mol. The number of carbonyl (C=O) groups excluding carboxylic acids is 1. The number of rotatable bonds is 11. The van der Waals surface area contributed by atoms with Gasteiger partial charge in [-0.3, -0.25) is 4.79 Å². The molecule has 2 N–H and O–H groups in total. The van der Waals surface area contributed by atoms with Gasteiger partial charge in [0.25, 0.3) is 0 Å². The third-order valence-electron chi connectivity index (χ3n) is 4.73. The predicted octanol–water partition coefficient (Wildman–Crippen LogP) is 3.96. The molecule has 6 heteroatoms. The standard InChI is InChI=1S/C23H32N2O4/c1-6-18-7-9-19(10-8-18)16(2)25-23(26)17(3)24-20-11-12-21(28-5)22(15-20)29-14-13-27-4/h7-12,15-17,24H,6,13-14H2,1-5H3,(H,25,26). The van der Waals surface area contributed by atoms with Crippen molar-refractivity contribution in [3.8, 4) is 11.5 Å². The number of amides is 1. The third kappa shape index (κ3) is 6.68. The molecule has 6 nitrogen and oxygen atoms in total. The molecule has 29 heavy (non-hydrogen) atoms. The van der Waals surface area contributed by atoms with Gasteiger partial charge in [-0.15, -0.1) is 0 Å². The van der Waals surface area contributed by atoms with Gasteiger partial charge in [0, 0.05) is 18.9 Å². The van der Waals surface area contributed by atoms with E-state index in [2.05, 4.69) is 41.8 Å². The monoisotopic (exact) mass is 400 g/mol. The molecule has 0 bridgehead atoms. The fourth-order valence-electron chi connectivity index (χ4n) is 2.89. The minimum absolute atomic E-state index is 0.0681. The summed E-state index contributed by atoms with van der Waals surface area (Å²) in [5.74, 6) is 1.16. The molecule has 0 saturated carbocycles. The first-order chi connectivity index (χ1) is 14.0. The van der Waals surface area contributed by atoms with Crippen molar-refractivity contribution >= 4 is 11.6 Å². The number of aryl methyl sites for hydroxylation is 1. The molecule has 158 valence electrons. The molecule has 0 spiro atoms. The molecule has 0 heterocycles. The van der Waals surface area contributed by atoms with Crippen LogP contribution in [0.5, 0.6) is 11.5 Å². The Hall–Kier alpha value is -2.73. The Bertz CT molecular complexity index is 777. The highest BCUT2D eigenvalue weighted by Gasteiger charge is 2.17. The van der Waals surface area contributed by atoms with E-state index in [0.717, 1.165) is 17.7 Å². The first-order valence-electron chi connectivity index (χ1n) is 9.94. The fraction of sp³-hybridized carbons (Fsp3) is 0.435. The van der Waals surface area contributed by atoms with Crippen molar-refractivity contribution < 1.29 is 19.0 Å². The summed E-state index contributed by atoms with van der Waals surface area (Å²) in [6.45, 7) is 6.84. The number of carbonyl (C=O) groups is 1. The van der Waals surface area contributed by atoms with Gasteiger partial charge in [-0.2, -0.15) is 0 Å². The summed E-state index contributed by atoms with van der Waals surface area (Å²) in [5, 5.41) is 6.28. The number of nitrogens with one attached hydrogen (secondary N) is 2. The van der Waals surface area contributed by atoms with E-state index >= 15 is 0 Å². The van der Waals surface area contributed by atoms with E-state index in [1.54, 1.807) is 14.2 Å². The van der Waals surface area contributed by atoms with Crippen LogP contribution in [0.3, 0.4) is 0 Å². The van der Waals surface area contributed by atoms with Crippen molar-refractivity contribution in [3.05, 3.63) is 53.6 Å². The van der Waals surface area contributed by atoms with E-state index in [-0.39, 0.29) is 11.9 Å². The largest absolute Gasteiger partial charge is 0.493 e. The molecular weight excluding hydrogens is 368 g/mol. The second-order valence-corrected chi connectivity index (χ2v) is 6.90. The molecule has 0 aliphatic heterocycles. The van der Waals surface area contributed by atoms with Crippen molar-refractivity contribution in [2.24, 2.45) is 0 Å².